The quantitative estimate of drug-likeness (QED) is 0.506. The summed E-state index contributed by atoms with van der Waals surface area (Å²) in [4.78, 5) is 27.2. The van der Waals surface area contributed by atoms with Crippen LogP contribution in [0.4, 0.5) is 5.69 Å². The van der Waals surface area contributed by atoms with Crippen molar-refractivity contribution in [2.75, 3.05) is 32.1 Å². The number of aryl methyl sites for hydroxylation is 1. The number of H-pyrrole nitrogens is 1. The second-order valence-corrected chi connectivity index (χ2v) is 8.76. The van der Waals surface area contributed by atoms with Crippen molar-refractivity contribution in [2.24, 2.45) is 0 Å². The van der Waals surface area contributed by atoms with Crippen molar-refractivity contribution in [2.45, 2.75) is 45.1 Å². The summed E-state index contributed by atoms with van der Waals surface area (Å²) in [6.07, 6.45) is 4.95. The maximum absolute atomic E-state index is 12.6. The summed E-state index contributed by atoms with van der Waals surface area (Å²) in [6.45, 7) is 5.15. The van der Waals surface area contributed by atoms with Crippen LogP contribution in [0.25, 0.3) is 22.0 Å². The van der Waals surface area contributed by atoms with Crippen LogP contribution in [0.3, 0.4) is 0 Å². The summed E-state index contributed by atoms with van der Waals surface area (Å²) in [5, 5.41) is 11.3. The molecule has 1 aromatic heterocycles. The van der Waals surface area contributed by atoms with E-state index in [0.717, 1.165) is 67.5 Å². The molecule has 0 aliphatic carbocycles. The molecule has 1 saturated heterocycles. The maximum atomic E-state index is 12.6. The Morgan fingerprint density at radius 3 is 2.67 bits per heavy atom. The highest BCUT2D eigenvalue weighted by Gasteiger charge is 2.18. The average Bonchev–Trinajstić information content (AvgIpc) is 2.84. The molecular weight excluding hydrogens is 416 g/mol. The summed E-state index contributed by atoms with van der Waals surface area (Å²) in [6, 6.07) is 13.3. The molecule has 3 aromatic rings. The molecule has 2 heterocycles. The number of hydrogen-bond acceptors (Lipinski definition) is 5. The Labute approximate surface area is 194 Å². The third-order valence-electron chi connectivity index (χ3n) is 6.48. The van der Waals surface area contributed by atoms with Gasteiger partial charge in [0.2, 0.25) is 5.91 Å². The van der Waals surface area contributed by atoms with Crippen molar-refractivity contribution < 1.29 is 9.53 Å². The monoisotopic (exact) mass is 448 g/mol. The molecule has 7 heteroatoms. The summed E-state index contributed by atoms with van der Waals surface area (Å²) in [5.41, 5.74) is 3.09. The number of fused-ring (bicyclic) bond motifs is 1. The van der Waals surface area contributed by atoms with Gasteiger partial charge < -0.3 is 15.0 Å². The average molecular weight is 449 g/mol. The van der Waals surface area contributed by atoms with Gasteiger partial charge in [-0.3, -0.25) is 9.59 Å². The first-order chi connectivity index (χ1) is 16.0. The van der Waals surface area contributed by atoms with E-state index in [1.165, 1.54) is 0 Å². The molecule has 1 fully saturated rings. The lowest BCUT2D eigenvalue weighted by molar-refractivity contribution is -0.116. The summed E-state index contributed by atoms with van der Waals surface area (Å²) in [5.74, 6) is 0.0210. The molecule has 7 nitrogen and oxygen atoms in total. The molecular formula is C26H32N4O3. The highest BCUT2D eigenvalue weighted by molar-refractivity contribution is 5.96. The summed E-state index contributed by atoms with van der Waals surface area (Å²) in [7, 11) is 1.79. The number of methoxy groups -OCH3 is 1. The number of rotatable bonds is 8. The SMILES string of the molecule is COC1CCN(CCCCC(=O)Nc2cc(-c3n[nH]c(=O)c4ccccc34)ccc2C)CC1. The Morgan fingerprint density at radius 2 is 1.91 bits per heavy atom. The number of amides is 1. The molecule has 1 aliphatic rings. The Hall–Kier alpha value is -3.03. The number of anilines is 1. The normalized spacial score (nSPS) is 15.1. The summed E-state index contributed by atoms with van der Waals surface area (Å²) >= 11 is 0. The van der Waals surface area contributed by atoms with E-state index in [9.17, 15) is 9.59 Å². The standard InChI is InChI=1S/C26H32N4O3/c1-18-10-11-19(25-21-7-3-4-8-22(21)26(32)29-28-25)17-23(18)27-24(31)9-5-6-14-30-15-12-20(33-2)13-16-30/h3-4,7-8,10-11,17,20H,5-6,9,12-16H2,1-2H3,(H,27,31)(H,29,32). The van der Waals surface area contributed by atoms with Crippen LogP contribution in [0.1, 0.15) is 37.7 Å². The van der Waals surface area contributed by atoms with Gasteiger partial charge in [-0.15, -0.1) is 0 Å². The van der Waals surface area contributed by atoms with Gasteiger partial charge in [0.05, 0.1) is 17.2 Å². The molecule has 0 spiro atoms. The number of nitrogens with zero attached hydrogens (tertiary/aromatic N) is 2. The fourth-order valence-electron chi connectivity index (χ4n) is 4.44. The largest absolute Gasteiger partial charge is 0.381 e. The van der Waals surface area contributed by atoms with Crippen LogP contribution in [0.5, 0.6) is 0 Å². The number of piperidine rings is 1. The molecule has 0 saturated carbocycles. The van der Waals surface area contributed by atoms with Gasteiger partial charge in [-0.05, 0) is 56.8 Å². The number of benzene rings is 2. The van der Waals surface area contributed by atoms with Crippen LogP contribution < -0.4 is 10.9 Å². The molecule has 4 rings (SSSR count). The smallest absolute Gasteiger partial charge is 0.272 e. The maximum Gasteiger partial charge on any atom is 0.272 e. The van der Waals surface area contributed by atoms with E-state index in [1.54, 1.807) is 13.2 Å². The molecule has 33 heavy (non-hydrogen) atoms. The lowest BCUT2D eigenvalue weighted by Gasteiger charge is -2.31. The Kier molecular flexibility index (Phi) is 7.52. The Bertz CT molecular complexity index is 1170. The Morgan fingerprint density at radius 1 is 1.15 bits per heavy atom. The van der Waals surface area contributed by atoms with Crippen molar-refractivity contribution in [3.05, 3.63) is 58.4 Å². The second-order valence-electron chi connectivity index (χ2n) is 8.76. The molecule has 174 valence electrons. The van der Waals surface area contributed by atoms with Crippen LogP contribution in [0.2, 0.25) is 0 Å². The molecule has 0 unspecified atom stereocenters. The van der Waals surface area contributed by atoms with E-state index >= 15 is 0 Å². The van der Waals surface area contributed by atoms with Gasteiger partial charge in [-0.2, -0.15) is 5.10 Å². The number of aromatic nitrogens is 2. The van der Waals surface area contributed by atoms with E-state index in [4.69, 9.17) is 4.74 Å². The molecule has 2 N–H and O–H groups in total. The molecule has 0 atom stereocenters. The van der Waals surface area contributed by atoms with Crippen molar-refractivity contribution >= 4 is 22.4 Å². The Balaban J connectivity index is 1.35. The van der Waals surface area contributed by atoms with E-state index < -0.39 is 0 Å². The van der Waals surface area contributed by atoms with Crippen LogP contribution in [-0.2, 0) is 9.53 Å². The van der Waals surface area contributed by atoms with Gasteiger partial charge in [0.1, 0.15) is 0 Å². The number of likely N-dealkylation sites (tertiary alicyclic amines) is 1. The molecule has 2 aromatic carbocycles. The van der Waals surface area contributed by atoms with E-state index in [0.29, 0.717) is 23.6 Å². The fourth-order valence-corrected chi connectivity index (χ4v) is 4.44. The van der Waals surface area contributed by atoms with Gasteiger partial charge in [0, 0.05) is 43.3 Å². The van der Waals surface area contributed by atoms with Gasteiger partial charge in [-0.25, -0.2) is 5.10 Å². The van der Waals surface area contributed by atoms with Crippen LogP contribution in [-0.4, -0.2) is 53.9 Å². The first kappa shape index (κ1) is 23.1. The van der Waals surface area contributed by atoms with Crippen LogP contribution >= 0.6 is 0 Å². The number of aromatic amines is 1. The summed E-state index contributed by atoms with van der Waals surface area (Å²) < 4.78 is 5.43. The molecule has 1 aliphatic heterocycles. The first-order valence-electron chi connectivity index (χ1n) is 11.7. The highest BCUT2D eigenvalue weighted by atomic mass is 16.5. The number of carbonyl (C=O) groups excluding carboxylic acids is 1. The lowest BCUT2D eigenvalue weighted by Crippen LogP contribution is -2.37. The first-order valence-corrected chi connectivity index (χ1v) is 11.7. The minimum absolute atomic E-state index is 0.0210. The zero-order valence-electron chi connectivity index (χ0n) is 19.4. The predicted molar refractivity (Wildman–Crippen MR) is 131 cm³/mol. The topological polar surface area (TPSA) is 87.3 Å². The van der Waals surface area contributed by atoms with Crippen molar-refractivity contribution in [3.8, 4) is 11.3 Å². The van der Waals surface area contributed by atoms with E-state index in [2.05, 4.69) is 20.4 Å². The van der Waals surface area contributed by atoms with Crippen LogP contribution in [0.15, 0.2) is 47.3 Å². The molecule has 1 amide bonds. The van der Waals surface area contributed by atoms with Crippen LogP contribution in [0, 0.1) is 6.92 Å². The molecule has 0 radical (unpaired) electrons. The second kappa shape index (κ2) is 10.7. The number of carbonyl (C=O) groups is 1. The minimum Gasteiger partial charge on any atom is -0.381 e. The van der Waals surface area contributed by atoms with E-state index in [1.807, 2.05) is 43.3 Å². The zero-order valence-corrected chi connectivity index (χ0v) is 19.4. The number of nitrogens with one attached hydrogen (secondary N) is 2. The lowest BCUT2D eigenvalue weighted by atomic mass is 10.0. The fraction of sp³-hybridized carbons (Fsp3) is 0.423. The van der Waals surface area contributed by atoms with Gasteiger partial charge in [-0.1, -0.05) is 30.3 Å². The zero-order chi connectivity index (χ0) is 23.2. The van der Waals surface area contributed by atoms with Gasteiger partial charge >= 0.3 is 0 Å². The van der Waals surface area contributed by atoms with Crippen molar-refractivity contribution in [3.63, 3.8) is 0 Å². The molecule has 0 bridgehead atoms. The highest BCUT2D eigenvalue weighted by Crippen LogP contribution is 2.28. The number of hydrogen-bond donors (Lipinski definition) is 2. The van der Waals surface area contributed by atoms with Gasteiger partial charge in [0.15, 0.2) is 0 Å². The predicted octanol–water partition coefficient (Wildman–Crippen LogP) is 4.12. The van der Waals surface area contributed by atoms with E-state index in [-0.39, 0.29) is 11.5 Å². The minimum atomic E-state index is -0.210. The van der Waals surface area contributed by atoms with Gasteiger partial charge in [0.25, 0.3) is 5.56 Å². The number of ether oxygens (including phenoxy) is 1. The number of unbranched alkanes of at least 4 members (excludes halogenated alkanes) is 1. The van der Waals surface area contributed by atoms with Crippen molar-refractivity contribution in [1.29, 1.82) is 0 Å². The van der Waals surface area contributed by atoms with Crippen molar-refractivity contribution in [1.82, 2.24) is 15.1 Å². The third-order valence-corrected chi connectivity index (χ3v) is 6.48. The third kappa shape index (κ3) is 5.67.